The number of hydrogen-bond donors (Lipinski definition) is 1. The molecule has 120 valence electrons. The largest absolute Gasteiger partial charge is 0.331 e. The van der Waals surface area contributed by atoms with E-state index in [1.807, 2.05) is 25.1 Å². The summed E-state index contributed by atoms with van der Waals surface area (Å²) in [5, 5.41) is 2.96. The van der Waals surface area contributed by atoms with Gasteiger partial charge in [-0.2, -0.15) is 0 Å². The number of rotatable bonds is 2. The molecule has 1 saturated heterocycles. The van der Waals surface area contributed by atoms with Crippen LogP contribution in [0.15, 0.2) is 22.7 Å². The molecule has 1 aromatic rings. The van der Waals surface area contributed by atoms with Crippen molar-refractivity contribution in [1.29, 1.82) is 0 Å². The summed E-state index contributed by atoms with van der Waals surface area (Å²) < 4.78 is 1.02. The van der Waals surface area contributed by atoms with Crippen molar-refractivity contribution in [3.8, 4) is 0 Å². The maximum Gasteiger partial charge on any atom is 0.319 e. The molecule has 0 spiro atoms. The Hall–Kier alpha value is -1.56. The van der Waals surface area contributed by atoms with Crippen LogP contribution in [0.1, 0.15) is 18.4 Å². The Balaban J connectivity index is 1.99. The Morgan fingerprint density at radius 2 is 2.09 bits per heavy atom. The zero-order valence-corrected chi connectivity index (χ0v) is 14.8. The van der Waals surface area contributed by atoms with Crippen LogP contribution in [0.4, 0.5) is 10.5 Å². The normalized spacial score (nSPS) is 18.0. The van der Waals surface area contributed by atoms with Crippen molar-refractivity contribution < 1.29 is 9.59 Å². The highest BCUT2D eigenvalue weighted by molar-refractivity contribution is 9.10. The number of halogens is 1. The van der Waals surface area contributed by atoms with E-state index in [0.29, 0.717) is 6.54 Å². The van der Waals surface area contributed by atoms with Crippen LogP contribution in [-0.2, 0) is 4.79 Å². The van der Waals surface area contributed by atoms with Gasteiger partial charge in [-0.15, -0.1) is 0 Å². The lowest BCUT2D eigenvalue weighted by molar-refractivity contribution is -0.121. The van der Waals surface area contributed by atoms with Crippen LogP contribution in [0.3, 0.4) is 0 Å². The minimum absolute atomic E-state index is 0.0158. The molecular weight excluding hydrogens is 346 g/mol. The number of anilines is 1. The molecule has 0 aliphatic carbocycles. The predicted octanol–water partition coefficient (Wildman–Crippen LogP) is 3.09. The van der Waals surface area contributed by atoms with Gasteiger partial charge in [-0.25, -0.2) is 4.79 Å². The highest BCUT2D eigenvalue weighted by atomic mass is 79.9. The Labute approximate surface area is 139 Å². The number of hydrogen-bond acceptors (Lipinski definition) is 2. The standard InChI is InChI=1S/C16H22BrN3O2/c1-11-9-13(6-7-14(11)17)18-15(21)12-5-4-8-20(10-12)16(22)19(2)3/h6-7,9,12H,4-5,8,10H2,1-3H3,(H,18,21)/t12-/m0/s1. The summed E-state index contributed by atoms with van der Waals surface area (Å²) in [5.74, 6) is -0.167. The number of likely N-dealkylation sites (tertiary alicyclic amines) is 1. The maximum absolute atomic E-state index is 12.4. The van der Waals surface area contributed by atoms with E-state index in [1.165, 1.54) is 0 Å². The lowest BCUT2D eigenvalue weighted by atomic mass is 9.97. The minimum atomic E-state index is -0.151. The first-order valence-corrected chi connectivity index (χ1v) is 8.21. The van der Waals surface area contributed by atoms with Gasteiger partial charge in [0.05, 0.1) is 5.92 Å². The summed E-state index contributed by atoms with van der Waals surface area (Å²) in [6.45, 7) is 3.19. The van der Waals surface area contributed by atoms with Crippen LogP contribution >= 0.6 is 15.9 Å². The number of amides is 3. The molecule has 0 radical (unpaired) electrons. The number of benzene rings is 1. The second kappa shape index (κ2) is 7.13. The number of urea groups is 1. The van der Waals surface area contributed by atoms with Gasteiger partial charge in [-0.3, -0.25) is 4.79 Å². The number of piperidine rings is 1. The monoisotopic (exact) mass is 367 g/mol. The third kappa shape index (κ3) is 4.00. The van der Waals surface area contributed by atoms with Crippen LogP contribution < -0.4 is 5.32 Å². The molecule has 2 rings (SSSR count). The van der Waals surface area contributed by atoms with E-state index >= 15 is 0 Å². The van der Waals surface area contributed by atoms with Gasteiger partial charge < -0.3 is 15.1 Å². The van der Waals surface area contributed by atoms with Crippen LogP contribution in [0.2, 0.25) is 0 Å². The van der Waals surface area contributed by atoms with Crippen molar-refractivity contribution in [2.75, 3.05) is 32.5 Å². The molecule has 5 nitrogen and oxygen atoms in total. The predicted molar refractivity (Wildman–Crippen MR) is 90.9 cm³/mol. The number of carbonyl (C=O) groups is 2. The highest BCUT2D eigenvalue weighted by Gasteiger charge is 2.29. The van der Waals surface area contributed by atoms with Gasteiger partial charge in [0.25, 0.3) is 0 Å². The summed E-state index contributed by atoms with van der Waals surface area (Å²) >= 11 is 3.45. The van der Waals surface area contributed by atoms with E-state index in [4.69, 9.17) is 0 Å². The van der Waals surface area contributed by atoms with Crippen molar-refractivity contribution in [3.05, 3.63) is 28.2 Å². The molecule has 1 N–H and O–H groups in total. The van der Waals surface area contributed by atoms with E-state index in [1.54, 1.807) is 23.9 Å². The van der Waals surface area contributed by atoms with Gasteiger partial charge in [0.15, 0.2) is 0 Å². The zero-order chi connectivity index (χ0) is 16.3. The van der Waals surface area contributed by atoms with Crippen molar-refractivity contribution in [2.45, 2.75) is 19.8 Å². The molecule has 1 fully saturated rings. The molecule has 22 heavy (non-hydrogen) atoms. The molecule has 0 bridgehead atoms. The Morgan fingerprint density at radius 1 is 1.36 bits per heavy atom. The Morgan fingerprint density at radius 3 is 2.73 bits per heavy atom. The first kappa shape index (κ1) is 16.8. The highest BCUT2D eigenvalue weighted by Crippen LogP contribution is 2.22. The average Bonchev–Trinajstić information content (AvgIpc) is 2.50. The van der Waals surface area contributed by atoms with Crippen LogP contribution in [-0.4, -0.2) is 48.9 Å². The molecular formula is C16H22BrN3O2. The topological polar surface area (TPSA) is 52.7 Å². The van der Waals surface area contributed by atoms with Gasteiger partial charge in [-0.05, 0) is 43.5 Å². The van der Waals surface area contributed by atoms with Gasteiger partial charge in [-0.1, -0.05) is 15.9 Å². The van der Waals surface area contributed by atoms with E-state index in [-0.39, 0.29) is 17.9 Å². The van der Waals surface area contributed by atoms with Crippen molar-refractivity contribution in [1.82, 2.24) is 9.80 Å². The molecule has 0 aromatic heterocycles. The molecule has 1 aliphatic heterocycles. The fourth-order valence-electron chi connectivity index (χ4n) is 2.61. The summed E-state index contributed by atoms with van der Waals surface area (Å²) in [7, 11) is 3.47. The lowest BCUT2D eigenvalue weighted by Crippen LogP contribution is -2.47. The molecule has 1 heterocycles. The zero-order valence-electron chi connectivity index (χ0n) is 13.2. The molecule has 1 aromatic carbocycles. The van der Waals surface area contributed by atoms with E-state index in [9.17, 15) is 9.59 Å². The first-order valence-electron chi connectivity index (χ1n) is 7.41. The number of aryl methyl sites for hydroxylation is 1. The SMILES string of the molecule is Cc1cc(NC(=O)[C@H]2CCCN(C(=O)N(C)C)C2)ccc1Br. The van der Waals surface area contributed by atoms with Crippen LogP contribution in [0, 0.1) is 12.8 Å². The van der Waals surface area contributed by atoms with E-state index in [0.717, 1.165) is 35.1 Å². The van der Waals surface area contributed by atoms with Gasteiger partial charge in [0.1, 0.15) is 0 Å². The maximum atomic E-state index is 12.4. The molecule has 1 aliphatic rings. The second-order valence-corrected chi connectivity index (χ2v) is 6.77. The quantitative estimate of drug-likeness (QED) is 0.872. The molecule has 6 heteroatoms. The van der Waals surface area contributed by atoms with E-state index in [2.05, 4.69) is 21.2 Å². The molecule has 0 saturated carbocycles. The Bertz CT molecular complexity index is 575. The smallest absolute Gasteiger partial charge is 0.319 e. The summed E-state index contributed by atoms with van der Waals surface area (Å²) in [6.07, 6.45) is 1.68. The first-order chi connectivity index (χ1) is 10.4. The van der Waals surface area contributed by atoms with E-state index < -0.39 is 0 Å². The van der Waals surface area contributed by atoms with Crippen molar-refractivity contribution in [2.24, 2.45) is 5.92 Å². The fraction of sp³-hybridized carbons (Fsp3) is 0.500. The number of carbonyl (C=O) groups excluding carboxylic acids is 2. The van der Waals surface area contributed by atoms with Gasteiger partial charge in [0, 0.05) is 37.3 Å². The minimum Gasteiger partial charge on any atom is -0.331 e. The number of nitrogens with zero attached hydrogens (tertiary/aromatic N) is 2. The third-order valence-electron chi connectivity index (χ3n) is 3.87. The lowest BCUT2D eigenvalue weighted by Gasteiger charge is -2.33. The van der Waals surface area contributed by atoms with Crippen molar-refractivity contribution in [3.63, 3.8) is 0 Å². The number of nitrogens with one attached hydrogen (secondary N) is 1. The summed E-state index contributed by atoms with van der Waals surface area (Å²) in [5.41, 5.74) is 1.87. The average molecular weight is 368 g/mol. The van der Waals surface area contributed by atoms with Crippen LogP contribution in [0.25, 0.3) is 0 Å². The fourth-order valence-corrected chi connectivity index (χ4v) is 2.86. The van der Waals surface area contributed by atoms with Gasteiger partial charge >= 0.3 is 6.03 Å². The molecule has 0 unspecified atom stereocenters. The molecule has 3 amide bonds. The summed E-state index contributed by atoms with van der Waals surface area (Å²) in [6, 6.07) is 5.71. The van der Waals surface area contributed by atoms with Crippen LogP contribution in [0.5, 0.6) is 0 Å². The van der Waals surface area contributed by atoms with Crippen molar-refractivity contribution >= 4 is 33.6 Å². The Kier molecular flexibility index (Phi) is 5.45. The molecule has 1 atom stereocenters. The summed E-state index contributed by atoms with van der Waals surface area (Å²) in [4.78, 5) is 27.8. The van der Waals surface area contributed by atoms with Gasteiger partial charge in [0.2, 0.25) is 5.91 Å². The third-order valence-corrected chi connectivity index (χ3v) is 4.76. The second-order valence-electron chi connectivity index (χ2n) is 5.92.